The predicted molar refractivity (Wildman–Crippen MR) is 194 cm³/mol. The van der Waals surface area contributed by atoms with E-state index < -0.39 is 47.6 Å². The zero-order valence-corrected chi connectivity index (χ0v) is 29.4. The van der Waals surface area contributed by atoms with Gasteiger partial charge < -0.3 is 30.2 Å². The van der Waals surface area contributed by atoms with Crippen LogP contribution in [0.2, 0.25) is 0 Å². The van der Waals surface area contributed by atoms with Crippen molar-refractivity contribution in [3.8, 4) is 11.1 Å². The summed E-state index contributed by atoms with van der Waals surface area (Å²) in [4.78, 5) is 53.8. The van der Waals surface area contributed by atoms with Gasteiger partial charge in [-0.2, -0.15) is 0 Å². The molecule has 5 rings (SSSR count). The van der Waals surface area contributed by atoms with Crippen LogP contribution >= 0.6 is 0 Å². The number of benzene rings is 4. The highest BCUT2D eigenvalue weighted by Gasteiger charge is 2.33. The van der Waals surface area contributed by atoms with Gasteiger partial charge in [0.2, 0.25) is 11.8 Å². The first-order valence-corrected chi connectivity index (χ1v) is 17.0. The highest BCUT2D eigenvalue weighted by Crippen LogP contribution is 2.44. The van der Waals surface area contributed by atoms with Gasteiger partial charge in [-0.1, -0.05) is 109 Å². The largest absolute Gasteiger partial charge is 0.467 e. The van der Waals surface area contributed by atoms with Crippen molar-refractivity contribution >= 4 is 23.9 Å². The summed E-state index contributed by atoms with van der Waals surface area (Å²) < 4.78 is 16.7. The zero-order chi connectivity index (χ0) is 36.4. The minimum atomic E-state index is -1.20. The molecule has 0 saturated carbocycles. The van der Waals surface area contributed by atoms with Crippen LogP contribution in [0.5, 0.6) is 0 Å². The summed E-state index contributed by atoms with van der Waals surface area (Å²) in [6, 6.07) is 31.1. The fourth-order valence-corrected chi connectivity index (χ4v) is 6.09. The molecule has 10 nitrogen and oxygen atoms in total. The van der Waals surface area contributed by atoms with Crippen molar-refractivity contribution < 1.29 is 33.4 Å². The first kappa shape index (κ1) is 36.8. The van der Waals surface area contributed by atoms with Crippen LogP contribution in [-0.2, 0) is 41.4 Å². The van der Waals surface area contributed by atoms with E-state index in [2.05, 4.69) is 28.1 Å². The van der Waals surface area contributed by atoms with E-state index in [1.165, 1.54) is 7.11 Å². The Hall–Kier alpha value is -5.48. The number of carbonyl (C=O) groups excluding carboxylic acids is 4. The fraction of sp³-hybridized carbons (Fsp3) is 0.317. The first-order chi connectivity index (χ1) is 24.5. The number of ether oxygens (including phenoxy) is 3. The van der Waals surface area contributed by atoms with Crippen LogP contribution < -0.4 is 16.0 Å². The summed E-state index contributed by atoms with van der Waals surface area (Å²) >= 11 is 0. The number of fused-ring (bicyclic) bond motifs is 3. The van der Waals surface area contributed by atoms with Crippen LogP contribution in [-0.4, -0.2) is 67.9 Å². The number of nitrogens with one attached hydrogen (secondary N) is 3. The molecule has 51 heavy (non-hydrogen) atoms. The Morgan fingerprint density at radius 3 is 1.63 bits per heavy atom. The van der Waals surface area contributed by atoms with Crippen molar-refractivity contribution in [2.24, 2.45) is 0 Å². The topological polar surface area (TPSA) is 132 Å². The third kappa shape index (κ3) is 10.0. The van der Waals surface area contributed by atoms with E-state index in [1.807, 2.05) is 118 Å². The Labute approximate surface area is 298 Å². The number of hydrogen-bond acceptors (Lipinski definition) is 7. The van der Waals surface area contributed by atoms with Crippen LogP contribution in [0.4, 0.5) is 4.79 Å². The molecule has 0 saturated heterocycles. The second kappa shape index (κ2) is 17.0. The third-order valence-corrected chi connectivity index (χ3v) is 8.64. The molecule has 0 aliphatic heterocycles. The van der Waals surface area contributed by atoms with Crippen molar-refractivity contribution in [1.29, 1.82) is 0 Å². The van der Waals surface area contributed by atoms with Gasteiger partial charge in [-0.3, -0.25) is 9.59 Å². The number of methoxy groups -OCH3 is 1. The van der Waals surface area contributed by atoms with E-state index in [0.717, 1.165) is 33.4 Å². The fourth-order valence-electron chi connectivity index (χ4n) is 6.09. The highest BCUT2D eigenvalue weighted by molar-refractivity contribution is 5.93. The Balaban J connectivity index is 1.31. The van der Waals surface area contributed by atoms with Gasteiger partial charge in [0.15, 0.2) is 0 Å². The van der Waals surface area contributed by atoms with Gasteiger partial charge in [0.05, 0.1) is 19.3 Å². The molecule has 3 amide bonds. The lowest BCUT2D eigenvalue weighted by Gasteiger charge is -2.27. The van der Waals surface area contributed by atoms with Crippen LogP contribution in [0.3, 0.4) is 0 Å². The van der Waals surface area contributed by atoms with Gasteiger partial charge in [0.1, 0.15) is 24.7 Å². The van der Waals surface area contributed by atoms with Crippen molar-refractivity contribution in [1.82, 2.24) is 16.0 Å². The average Bonchev–Trinajstić information content (AvgIpc) is 3.45. The molecule has 1 aliphatic rings. The normalized spacial score (nSPS) is 13.9. The van der Waals surface area contributed by atoms with E-state index in [-0.39, 0.29) is 32.0 Å². The SMILES string of the molecule is COC(=O)[C@H](Cc1ccccc1)NC(=O)[C@H](Cc1ccccc1)NC(=O)[C@H](COC(C)(C)C)NC(=O)OCC1c2ccccc2-c2ccccc21. The quantitative estimate of drug-likeness (QED) is 0.152. The van der Waals surface area contributed by atoms with Gasteiger partial charge in [0, 0.05) is 18.8 Å². The number of carbonyl (C=O) groups is 4. The Kier molecular flexibility index (Phi) is 12.2. The van der Waals surface area contributed by atoms with E-state index in [9.17, 15) is 19.2 Å². The van der Waals surface area contributed by atoms with Crippen LogP contribution in [0.25, 0.3) is 11.1 Å². The first-order valence-electron chi connectivity index (χ1n) is 17.0. The second-order valence-electron chi connectivity index (χ2n) is 13.5. The van der Waals surface area contributed by atoms with E-state index >= 15 is 0 Å². The van der Waals surface area contributed by atoms with Crippen LogP contribution in [0.1, 0.15) is 48.9 Å². The van der Waals surface area contributed by atoms with Crippen molar-refractivity contribution in [2.45, 2.75) is 63.3 Å². The maximum Gasteiger partial charge on any atom is 0.407 e. The molecule has 4 aromatic carbocycles. The molecule has 0 fully saturated rings. The maximum atomic E-state index is 13.9. The number of rotatable bonds is 14. The molecule has 1 aliphatic carbocycles. The molecule has 4 aromatic rings. The van der Waals surface area contributed by atoms with Gasteiger partial charge in [-0.05, 0) is 54.2 Å². The van der Waals surface area contributed by atoms with Gasteiger partial charge in [-0.15, -0.1) is 0 Å². The zero-order valence-electron chi connectivity index (χ0n) is 29.4. The number of amides is 3. The summed E-state index contributed by atoms with van der Waals surface area (Å²) in [6.45, 7) is 5.38. The molecular weight excluding hydrogens is 646 g/mol. The number of alkyl carbamates (subject to hydrolysis) is 1. The van der Waals surface area contributed by atoms with E-state index in [0.29, 0.717) is 0 Å². The lowest BCUT2D eigenvalue weighted by Crippen LogP contribution is -2.58. The molecular formula is C41H45N3O7. The average molecular weight is 692 g/mol. The maximum absolute atomic E-state index is 13.9. The monoisotopic (exact) mass is 691 g/mol. The van der Waals surface area contributed by atoms with Gasteiger partial charge in [0.25, 0.3) is 0 Å². The molecule has 0 aromatic heterocycles. The van der Waals surface area contributed by atoms with Gasteiger partial charge >= 0.3 is 12.1 Å². The third-order valence-electron chi connectivity index (χ3n) is 8.64. The summed E-state index contributed by atoms with van der Waals surface area (Å²) in [5.74, 6) is -2.03. The molecule has 0 heterocycles. The molecule has 3 atom stereocenters. The predicted octanol–water partition coefficient (Wildman–Crippen LogP) is 5.34. The number of hydrogen-bond donors (Lipinski definition) is 3. The van der Waals surface area contributed by atoms with Crippen molar-refractivity contribution in [3.05, 3.63) is 131 Å². The smallest absolute Gasteiger partial charge is 0.407 e. The minimum Gasteiger partial charge on any atom is -0.467 e. The standard InChI is InChI=1S/C41H45N3O7/c1-41(2,3)51-26-36(44-40(48)50-25-33-31-21-13-11-19-29(31)30-20-12-14-22-32(30)33)38(46)42-34(23-27-15-7-5-8-16-27)37(45)43-35(39(47)49-4)24-28-17-9-6-10-18-28/h5-22,33-36H,23-26H2,1-4H3,(H,42,46)(H,43,45)(H,44,48)/t34-,35-,36-/m0/s1. The Bertz CT molecular complexity index is 1760. The van der Waals surface area contributed by atoms with Crippen molar-refractivity contribution in [3.63, 3.8) is 0 Å². The summed E-state index contributed by atoms with van der Waals surface area (Å²) in [5, 5.41) is 8.24. The highest BCUT2D eigenvalue weighted by atomic mass is 16.6. The molecule has 266 valence electrons. The van der Waals surface area contributed by atoms with E-state index in [1.54, 1.807) is 0 Å². The Morgan fingerprint density at radius 1 is 0.627 bits per heavy atom. The van der Waals surface area contributed by atoms with Crippen LogP contribution in [0, 0.1) is 0 Å². The molecule has 3 N–H and O–H groups in total. The molecule has 0 radical (unpaired) electrons. The molecule has 0 spiro atoms. The molecule has 0 unspecified atom stereocenters. The molecule has 0 bridgehead atoms. The second-order valence-corrected chi connectivity index (χ2v) is 13.5. The minimum absolute atomic E-state index is 0.0592. The van der Waals surface area contributed by atoms with Gasteiger partial charge in [-0.25, -0.2) is 9.59 Å². The summed E-state index contributed by atoms with van der Waals surface area (Å²) in [7, 11) is 1.25. The van der Waals surface area contributed by atoms with E-state index in [4.69, 9.17) is 14.2 Å². The number of esters is 1. The van der Waals surface area contributed by atoms with Crippen molar-refractivity contribution in [2.75, 3.05) is 20.3 Å². The lowest BCUT2D eigenvalue weighted by molar-refractivity contribution is -0.145. The van der Waals surface area contributed by atoms with Crippen LogP contribution in [0.15, 0.2) is 109 Å². The Morgan fingerprint density at radius 2 is 1.10 bits per heavy atom. The summed E-state index contributed by atoms with van der Waals surface area (Å²) in [5.41, 5.74) is 5.28. The molecule has 10 heteroatoms. The summed E-state index contributed by atoms with van der Waals surface area (Å²) in [6.07, 6.45) is -0.487. The lowest BCUT2D eigenvalue weighted by atomic mass is 9.98.